The Morgan fingerprint density at radius 3 is 2.47 bits per heavy atom. The van der Waals surface area contributed by atoms with Crippen molar-refractivity contribution in [1.82, 2.24) is 10.2 Å². The first kappa shape index (κ1) is 13.4. The highest BCUT2D eigenvalue weighted by Crippen LogP contribution is 2.30. The predicted molar refractivity (Wildman–Crippen MR) is 74.2 cm³/mol. The second-order valence-corrected chi connectivity index (χ2v) is 6.44. The van der Waals surface area contributed by atoms with Crippen LogP contribution in [0.15, 0.2) is 0 Å². The Morgan fingerprint density at radius 2 is 1.82 bits per heavy atom. The maximum Gasteiger partial charge on any atom is 0.000976 e. The molecule has 2 heteroatoms. The van der Waals surface area contributed by atoms with Gasteiger partial charge in [0.1, 0.15) is 0 Å². The fourth-order valence-corrected chi connectivity index (χ4v) is 3.75. The minimum absolute atomic E-state index is 0.932. The molecule has 1 aliphatic carbocycles. The molecule has 0 aromatic heterocycles. The topological polar surface area (TPSA) is 15.3 Å². The van der Waals surface area contributed by atoms with Crippen LogP contribution in [0, 0.1) is 17.8 Å². The zero-order valence-corrected chi connectivity index (χ0v) is 11.8. The third-order valence-corrected chi connectivity index (χ3v) is 4.76. The molecular formula is C15H30N2. The van der Waals surface area contributed by atoms with Crippen molar-refractivity contribution in [3.05, 3.63) is 0 Å². The first-order chi connectivity index (χ1) is 8.28. The molecule has 0 aromatic rings. The van der Waals surface area contributed by atoms with Gasteiger partial charge < -0.3 is 10.2 Å². The molecule has 1 N–H and O–H groups in total. The summed E-state index contributed by atoms with van der Waals surface area (Å²) in [5.74, 6) is 2.91. The molecule has 2 fully saturated rings. The Kier molecular flexibility index (Phi) is 5.30. The standard InChI is InChI=1S/C15H30N2/c1-13-4-3-5-15(10-13)12-17-8-6-14(7-9-17)11-16-2/h13-16H,3-12H2,1-2H3. The van der Waals surface area contributed by atoms with Crippen LogP contribution in [0.2, 0.25) is 0 Å². The lowest BCUT2D eigenvalue weighted by Crippen LogP contribution is -2.40. The fraction of sp³-hybridized carbons (Fsp3) is 1.00. The Hall–Kier alpha value is -0.0800. The van der Waals surface area contributed by atoms with Crippen LogP contribution in [0.4, 0.5) is 0 Å². The molecule has 2 unspecified atom stereocenters. The van der Waals surface area contributed by atoms with E-state index in [0.29, 0.717) is 0 Å². The molecule has 2 aliphatic rings. The van der Waals surface area contributed by atoms with Gasteiger partial charge in [0.2, 0.25) is 0 Å². The van der Waals surface area contributed by atoms with Gasteiger partial charge in [-0.25, -0.2) is 0 Å². The van der Waals surface area contributed by atoms with Crippen molar-refractivity contribution < 1.29 is 0 Å². The third kappa shape index (κ3) is 4.26. The first-order valence-corrected chi connectivity index (χ1v) is 7.65. The molecule has 2 nitrogen and oxygen atoms in total. The average molecular weight is 238 g/mol. The average Bonchev–Trinajstić information content (AvgIpc) is 2.32. The summed E-state index contributed by atoms with van der Waals surface area (Å²) in [5, 5.41) is 3.32. The van der Waals surface area contributed by atoms with E-state index in [1.54, 1.807) is 0 Å². The van der Waals surface area contributed by atoms with Gasteiger partial charge in [0.05, 0.1) is 0 Å². The summed E-state index contributed by atoms with van der Waals surface area (Å²) in [4.78, 5) is 2.73. The second-order valence-electron chi connectivity index (χ2n) is 6.44. The molecule has 1 heterocycles. The molecule has 1 saturated carbocycles. The van der Waals surface area contributed by atoms with Gasteiger partial charge in [0.25, 0.3) is 0 Å². The second kappa shape index (κ2) is 6.75. The number of nitrogens with zero attached hydrogens (tertiary/aromatic N) is 1. The molecule has 2 rings (SSSR count). The van der Waals surface area contributed by atoms with Gasteiger partial charge in [-0.2, -0.15) is 0 Å². The molecule has 0 spiro atoms. The summed E-state index contributed by atoms with van der Waals surface area (Å²) in [6, 6.07) is 0. The molecule has 1 aliphatic heterocycles. The van der Waals surface area contributed by atoms with Gasteiger partial charge in [0.15, 0.2) is 0 Å². The summed E-state index contributed by atoms with van der Waals surface area (Å²) in [6.45, 7) is 7.73. The fourth-order valence-electron chi connectivity index (χ4n) is 3.75. The number of hydrogen-bond donors (Lipinski definition) is 1. The summed E-state index contributed by atoms with van der Waals surface area (Å²) in [6.07, 6.45) is 8.73. The minimum Gasteiger partial charge on any atom is -0.319 e. The Balaban J connectivity index is 1.67. The van der Waals surface area contributed by atoms with E-state index in [2.05, 4.69) is 24.2 Å². The van der Waals surface area contributed by atoms with Gasteiger partial charge >= 0.3 is 0 Å². The molecule has 0 radical (unpaired) electrons. The maximum absolute atomic E-state index is 3.32. The number of piperidine rings is 1. The van der Waals surface area contributed by atoms with Crippen LogP contribution < -0.4 is 5.32 Å². The van der Waals surface area contributed by atoms with Crippen LogP contribution in [0.1, 0.15) is 45.4 Å². The van der Waals surface area contributed by atoms with Crippen LogP contribution >= 0.6 is 0 Å². The monoisotopic (exact) mass is 238 g/mol. The summed E-state index contributed by atoms with van der Waals surface area (Å²) in [5.41, 5.74) is 0. The van der Waals surface area contributed by atoms with E-state index in [9.17, 15) is 0 Å². The lowest BCUT2D eigenvalue weighted by atomic mass is 9.82. The van der Waals surface area contributed by atoms with Crippen molar-refractivity contribution in [3.8, 4) is 0 Å². The van der Waals surface area contributed by atoms with Gasteiger partial charge in [-0.3, -0.25) is 0 Å². The number of likely N-dealkylation sites (tertiary alicyclic amines) is 1. The van der Waals surface area contributed by atoms with Crippen molar-refractivity contribution in [2.45, 2.75) is 45.4 Å². The molecule has 1 saturated heterocycles. The van der Waals surface area contributed by atoms with E-state index >= 15 is 0 Å². The minimum atomic E-state index is 0.932. The Bertz CT molecular complexity index is 209. The molecule has 0 aromatic carbocycles. The van der Waals surface area contributed by atoms with Crippen molar-refractivity contribution in [3.63, 3.8) is 0 Å². The van der Waals surface area contributed by atoms with E-state index in [0.717, 1.165) is 17.8 Å². The highest BCUT2D eigenvalue weighted by Gasteiger charge is 2.24. The number of nitrogens with one attached hydrogen (secondary N) is 1. The molecular weight excluding hydrogens is 208 g/mol. The molecule has 2 atom stereocenters. The highest BCUT2D eigenvalue weighted by atomic mass is 15.1. The number of rotatable bonds is 4. The smallest absolute Gasteiger partial charge is 0.000976 e. The highest BCUT2D eigenvalue weighted by molar-refractivity contribution is 4.78. The van der Waals surface area contributed by atoms with E-state index < -0.39 is 0 Å². The van der Waals surface area contributed by atoms with Crippen molar-refractivity contribution >= 4 is 0 Å². The molecule has 17 heavy (non-hydrogen) atoms. The summed E-state index contributed by atoms with van der Waals surface area (Å²) >= 11 is 0. The van der Waals surface area contributed by atoms with Gasteiger partial charge in [0, 0.05) is 6.54 Å². The van der Waals surface area contributed by atoms with Crippen molar-refractivity contribution in [1.29, 1.82) is 0 Å². The largest absolute Gasteiger partial charge is 0.319 e. The summed E-state index contributed by atoms with van der Waals surface area (Å²) in [7, 11) is 2.08. The Labute approximate surface area is 107 Å². The van der Waals surface area contributed by atoms with E-state index in [-0.39, 0.29) is 0 Å². The van der Waals surface area contributed by atoms with Crippen LogP contribution in [0.3, 0.4) is 0 Å². The van der Waals surface area contributed by atoms with Gasteiger partial charge in [-0.05, 0) is 70.1 Å². The normalized spacial score (nSPS) is 32.8. The lowest BCUT2D eigenvalue weighted by Gasteiger charge is -2.36. The van der Waals surface area contributed by atoms with Crippen LogP contribution in [-0.2, 0) is 0 Å². The Morgan fingerprint density at radius 1 is 1.06 bits per heavy atom. The molecule has 0 bridgehead atoms. The van der Waals surface area contributed by atoms with Crippen LogP contribution in [0.25, 0.3) is 0 Å². The quantitative estimate of drug-likeness (QED) is 0.810. The first-order valence-electron chi connectivity index (χ1n) is 7.65. The zero-order valence-electron chi connectivity index (χ0n) is 11.8. The van der Waals surface area contributed by atoms with Crippen LogP contribution in [-0.4, -0.2) is 38.1 Å². The van der Waals surface area contributed by atoms with E-state index in [1.807, 2.05) is 0 Å². The van der Waals surface area contributed by atoms with E-state index in [4.69, 9.17) is 0 Å². The number of hydrogen-bond acceptors (Lipinski definition) is 2. The van der Waals surface area contributed by atoms with Crippen LogP contribution in [0.5, 0.6) is 0 Å². The third-order valence-electron chi connectivity index (χ3n) is 4.76. The van der Waals surface area contributed by atoms with Crippen molar-refractivity contribution in [2.75, 3.05) is 33.2 Å². The summed E-state index contributed by atoms with van der Waals surface area (Å²) < 4.78 is 0. The van der Waals surface area contributed by atoms with Crippen molar-refractivity contribution in [2.24, 2.45) is 17.8 Å². The molecule has 100 valence electrons. The van der Waals surface area contributed by atoms with E-state index in [1.165, 1.54) is 64.7 Å². The van der Waals surface area contributed by atoms with Gasteiger partial charge in [-0.1, -0.05) is 19.8 Å². The SMILES string of the molecule is CNCC1CCN(CC2CCCC(C)C2)CC1. The predicted octanol–water partition coefficient (Wildman–Crippen LogP) is 2.74. The zero-order chi connectivity index (χ0) is 12.1. The molecule has 0 amide bonds. The lowest BCUT2D eigenvalue weighted by molar-refractivity contribution is 0.135. The maximum atomic E-state index is 3.32. The van der Waals surface area contributed by atoms with Gasteiger partial charge in [-0.15, -0.1) is 0 Å².